The van der Waals surface area contributed by atoms with Crippen molar-refractivity contribution in [1.82, 2.24) is 4.90 Å². The molecule has 0 atom stereocenters. The summed E-state index contributed by atoms with van der Waals surface area (Å²) in [6.07, 6.45) is 2.82. The second-order valence-electron chi connectivity index (χ2n) is 7.75. The van der Waals surface area contributed by atoms with Gasteiger partial charge in [-0.15, -0.1) is 0 Å². The number of piperidine rings is 1. The highest BCUT2D eigenvalue weighted by atomic mass is 19.1. The molecule has 0 unspecified atom stereocenters. The SMILES string of the molecule is COc1cccc2c1N(C(=O)C1CCN(C(=O)c3ccc(F)cc3F)CC1)CCC2. The van der Waals surface area contributed by atoms with Crippen LogP contribution in [0.1, 0.15) is 35.2 Å². The minimum absolute atomic E-state index is 0.0421. The number of ether oxygens (including phenoxy) is 1. The molecule has 0 aromatic heterocycles. The van der Waals surface area contributed by atoms with E-state index in [2.05, 4.69) is 0 Å². The van der Waals surface area contributed by atoms with Crippen molar-refractivity contribution >= 4 is 17.5 Å². The number of aryl methyl sites for hydroxylation is 1. The van der Waals surface area contributed by atoms with Gasteiger partial charge in [0, 0.05) is 31.6 Å². The first-order chi connectivity index (χ1) is 14.5. The normalized spacial score (nSPS) is 16.9. The number of likely N-dealkylation sites (tertiary alicyclic amines) is 1. The molecule has 5 nitrogen and oxygen atoms in total. The van der Waals surface area contributed by atoms with E-state index in [4.69, 9.17) is 4.74 Å². The van der Waals surface area contributed by atoms with Crippen LogP contribution in [0.25, 0.3) is 0 Å². The van der Waals surface area contributed by atoms with E-state index < -0.39 is 17.5 Å². The summed E-state index contributed by atoms with van der Waals surface area (Å²) in [5, 5.41) is 0. The van der Waals surface area contributed by atoms with Crippen LogP contribution >= 0.6 is 0 Å². The van der Waals surface area contributed by atoms with Gasteiger partial charge in [-0.3, -0.25) is 9.59 Å². The summed E-state index contributed by atoms with van der Waals surface area (Å²) >= 11 is 0. The number of halogens is 2. The number of rotatable bonds is 3. The van der Waals surface area contributed by atoms with Gasteiger partial charge in [-0.2, -0.15) is 0 Å². The fourth-order valence-corrected chi connectivity index (χ4v) is 4.38. The molecular weight excluding hydrogens is 390 g/mol. The number of amides is 2. The van der Waals surface area contributed by atoms with Gasteiger partial charge in [-0.05, 0) is 49.4 Å². The molecule has 2 heterocycles. The molecule has 0 spiro atoms. The Labute approximate surface area is 174 Å². The van der Waals surface area contributed by atoms with Gasteiger partial charge in [0.15, 0.2) is 0 Å². The van der Waals surface area contributed by atoms with E-state index in [-0.39, 0.29) is 17.4 Å². The summed E-state index contributed by atoms with van der Waals surface area (Å²) in [6, 6.07) is 8.78. The fourth-order valence-electron chi connectivity index (χ4n) is 4.38. The second kappa shape index (κ2) is 8.42. The molecular formula is C23H24F2N2O3. The molecule has 2 aliphatic rings. The summed E-state index contributed by atoms with van der Waals surface area (Å²) in [5.41, 5.74) is 1.81. The van der Waals surface area contributed by atoms with Gasteiger partial charge in [-0.25, -0.2) is 8.78 Å². The summed E-state index contributed by atoms with van der Waals surface area (Å²) < 4.78 is 32.6. The first-order valence-corrected chi connectivity index (χ1v) is 10.2. The van der Waals surface area contributed by atoms with Crippen LogP contribution in [0, 0.1) is 17.6 Å². The van der Waals surface area contributed by atoms with Crippen molar-refractivity contribution in [2.24, 2.45) is 5.92 Å². The molecule has 1 fully saturated rings. The standard InChI is InChI=1S/C23H24F2N2O3/c1-30-20-6-2-4-15-5-3-11-27(21(15)20)22(28)16-9-12-26(13-10-16)23(29)18-8-7-17(24)14-19(18)25/h2,4,6-8,14,16H,3,5,9-13H2,1H3. The number of fused-ring (bicyclic) bond motifs is 1. The van der Waals surface area contributed by atoms with Gasteiger partial charge in [-0.1, -0.05) is 12.1 Å². The number of hydrogen-bond acceptors (Lipinski definition) is 3. The summed E-state index contributed by atoms with van der Waals surface area (Å²) in [4.78, 5) is 29.2. The third kappa shape index (κ3) is 3.76. The minimum Gasteiger partial charge on any atom is -0.495 e. The van der Waals surface area contributed by atoms with Crippen molar-refractivity contribution in [3.8, 4) is 5.75 Å². The molecule has 0 saturated carbocycles. The third-order valence-electron chi connectivity index (χ3n) is 5.96. The Morgan fingerprint density at radius 3 is 2.53 bits per heavy atom. The smallest absolute Gasteiger partial charge is 0.256 e. The molecule has 2 aromatic rings. The van der Waals surface area contributed by atoms with Crippen LogP contribution in [0.3, 0.4) is 0 Å². The monoisotopic (exact) mass is 414 g/mol. The van der Waals surface area contributed by atoms with E-state index >= 15 is 0 Å². The maximum absolute atomic E-state index is 14.0. The first kappa shape index (κ1) is 20.3. The van der Waals surface area contributed by atoms with Gasteiger partial charge in [0.05, 0.1) is 18.4 Å². The van der Waals surface area contributed by atoms with Gasteiger partial charge in [0.2, 0.25) is 5.91 Å². The lowest BCUT2D eigenvalue weighted by atomic mass is 9.92. The number of nitrogens with zero attached hydrogens (tertiary/aromatic N) is 2. The van der Waals surface area contributed by atoms with Crippen molar-refractivity contribution in [2.75, 3.05) is 31.6 Å². The van der Waals surface area contributed by atoms with Crippen LogP contribution < -0.4 is 9.64 Å². The first-order valence-electron chi connectivity index (χ1n) is 10.2. The topological polar surface area (TPSA) is 49.9 Å². The Morgan fingerprint density at radius 2 is 1.83 bits per heavy atom. The van der Waals surface area contributed by atoms with Crippen LogP contribution in [0.15, 0.2) is 36.4 Å². The molecule has 0 radical (unpaired) electrons. The molecule has 158 valence electrons. The van der Waals surface area contributed by atoms with Gasteiger partial charge >= 0.3 is 0 Å². The van der Waals surface area contributed by atoms with E-state index in [0.717, 1.165) is 30.2 Å². The lowest BCUT2D eigenvalue weighted by Gasteiger charge is -2.37. The van der Waals surface area contributed by atoms with E-state index in [9.17, 15) is 18.4 Å². The molecule has 0 N–H and O–H groups in total. The van der Waals surface area contributed by atoms with Crippen molar-refractivity contribution in [1.29, 1.82) is 0 Å². The zero-order valence-corrected chi connectivity index (χ0v) is 16.9. The lowest BCUT2D eigenvalue weighted by Crippen LogP contribution is -2.46. The van der Waals surface area contributed by atoms with Crippen molar-refractivity contribution in [3.63, 3.8) is 0 Å². The van der Waals surface area contributed by atoms with E-state index in [1.807, 2.05) is 23.1 Å². The van der Waals surface area contributed by atoms with Crippen molar-refractivity contribution in [3.05, 3.63) is 59.2 Å². The average molecular weight is 414 g/mol. The van der Waals surface area contributed by atoms with Crippen molar-refractivity contribution < 1.29 is 23.1 Å². The Kier molecular flexibility index (Phi) is 5.70. The Balaban J connectivity index is 1.45. The Morgan fingerprint density at radius 1 is 1.07 bits per heavy atom. The predicted molar refractivity (Wildman–Crippen MR) is 109 cm³/mol. The molecule has 1 saturated heterocycles. The number of benzene rings is 2. The van der Waals surface area contributed by atoms with E-state index in [0.29, 0.717) is 44.3 Å². The van der Waals surface area contributed by atoms with Crippen LogP contribution in [-0.4, -0.2) is 43.5 Å². The van der Waals surface area contributed by atoms with Crippen molar-refractivity contribution in [2.45, 2.75) is 25.7 Å². The lowest BCUT2D eigenvalue weighted by molar-refractivity contribution is -0.123. The Bertz CT molecular complexity index is 957. The zero-order valence-electron chi connectivity index (χ0n) is 16.9. The highest BCUT2D eigenvalue weighted by Crippen LogP contribution is 2.37. The number of anilines is 1. The number of para-hydroxylation sites is 1. The number of hydrogen-bond donors (Lipinski definition) is 0. The molecule has 4 rings (SSSR count). The van der Waals surface area contributed by atoms with Gasteiger partial charge < -0.3 is 14.5 Å². The van der Waals surface area contributed by atoms with Crippen LogP contribution in [-0.2, 0) is 11.2 Å². The van der Waals surface area contributed by atoms with E-state index in [1.165, 1.54) is 11.0 Å². The molecule has 30 heavy (non-hydrogen) atoms. The molecule has 0 bridgehead atoms. The molecule has 2 aliphatic heterocycles. The highest BCUT2D eigenvalue weighted by Gasteiger charge is 2.34. The zero-order chi connectivity index (χ0) is 21.3. The van der Waals surface area contributed by atoms with E-state index in [1.54, 1.807) is 7.11 Å². The number of carbonyl (C=O) groups excluding carboxylic acids is 2. The maximum Gasteiger partial charge on any atom is 0.256 e. The third-order valence-corrected chi connectivity index (χ3v) is 5.96. The molecule has 2 aromatic carbocycles. The summed E-state index contributed by atoms with van der Waals surface area (Å²) in [6.45, 7) is 1.36. The van der Waals surface area contributed by atoms with Gasteiger partial charge in [0.1, 0.15) is 17.4 Å². The highest BCUT2D eigenvalue weighted by molar-refractivity contribution is 5.98. The van der Waals surface area contributed by atoms with Crippen LogP contribution in [0.4, 0.5) is 14.5 Å². The summed E-state index contributed by atoms with van der Waals surface area (Å²) in [5.74, 6) is -1.52. The molecule has 0 aliphatic carbocycles. The average Bonchev–Trinajstić information content (AvgIpc) is 2.77. The molecule has 7 heteroatoms. The number of carbonyl (C=O) groups is 2. The fraction of sp³-hybridized carbons (Fsp3) is 0.391. The maximum atomic E-state index is 14.0. The Hall–Kier alpha value is -2.96. The predicted octanol–water partition coefficient (Wildman–Crippen LogP) is 3.81. The quantitative estimate of drug-likeness (QED) is 0.768. The minimum atomic E-state index is -0.866. The largest absolute Gasteiger partial charge is 0.495 e. The van der Waals surface area contributed by atoms with Gasteiger partial charge in [0.25, 0.3) is 5.91 Å². The molecule has 2 amide bonds. The van der Waals surface area contributed by atoms with Crippen LogP contribution in [0.2, 0.25) is 0 Å². The second-order valence-corrected chi connectivity index (χ2v) is 7.75. The van der Waals surface area contributed by atoms with Crippen LogP contribution in [0.5, 0.6) is 5.75 Å². The number of methoxy groups -OCH3 is 1. The summed E-state index contributed by atoms with van der Waals surface area (Å²) in [7, 11) is 1.60.